The Morgan fingerprint density at radius 3 is 2.68 bits per heavy atom. The molecule has 28 heavy (non-hydrogen) atoms. The number of likely N-dealkylation sites (N-methyl/N-ethyl adjacent to an activating group) is 1. The molecule has 1 heterocycles. The van der Waals surface area contributed by atoms with Gasteiger partial charge >= 0.3 is 0 Å². The van der Waals surface area contributed by atoms with E-state index >= 15 is 0 Å². The molecule has 1 fully saturated rings. The van der Waals surface area contributed by atoms with Gasteiger partial charge in [0.15, 0.2) is 5.17 Å². The average molecular weight is 404 g/mol. The number of thioether (sulfide) groups is 1. The summed E-state index contributed by atoms with van der Waals surface area (Å²) in [6.07, 6.45) is -0.00727. The van der Waals surface area contributed by atoms with Crippen molar-refractivity contribution in [2.24, 2.45) is 10.9 Å². The fraction of sp³-hybridized carbons (Fsp3) is 0.524. The summed E-state index contributed by atoms with van der Waals surface area (Å²) < 4.78 is 0. The number of nitrogens with one attached hydrogen (secondary N) is 1. The van der Waals surface area contributed by atoms with Crippen LogP contribution in [0, 0.1) is 5.92 Å². The van der Waals surface area contributed by atoms with Crippen molar-refractivity contribution in [3.8, 4) is 0 Å². The fourth-order valence-corrected chi connectivity index (χ4v) is 5.10. The molecule has 1 aromatic carbocycles. The van der Waals surface area contributed by atoms with Gasteiger partial charge in [-0.1, -0.05) is 43.8 Å². The van der Waals surface area contributed by atoms with Crippen LogP contribution in [0.4, 0.5) is 5.69 Å². The van der Waals surface area contributed by atoms with Gasteiger partial charge in [-0.15, -0.1) is 6.58 Å². The van der Waals surface area contributed by atoms with Gasteiger partial charge < -0.3 is 20.4 Å². The lowest BCUT2D eigenvalue weighted by molar-refractivity contribution is -0.138. The molecule has 152 valence electrons. The first-order valence-corrected chi connectivity index (χ1v) is 10.5. The third kappa shape index (κ3) is 4.26. The van der Waals surface area contributed by atoms with E-state index in [1.807, 2.05) is 12.1 Å². The largest absolute Gasteiger partial charge is 0.390 e. The highest BCUT2D eigenvalue weighted by atomic mass is 32.2. The van der Waals surface area contributed by atoms with Gasteiger partial charge in [0, 0.05) is 24.5 Å². The summed E-state index contributed by atoms with van der Waals surface area (Å²) in [5.41, 5.74) is 2.17. The van der Waals surface area contributed by atoms with Crippen LogP contribution >= 0.6 is 11.8 Å². The number of amides is 1. The summed E-state index contributed by atoms with van der Waals surface area (Å²) in [4.78, 5) is 19.1. The number of aliphatic hydroxyl groups is 2. The van der Waals surface area contributed by atoms with Crippen LogP contribution in [0.5, 0.6) is 0 Å². The van der Waals surface area contributed by atoms with E-state index in [4.69, 9.17) is 0 Å². The fourth-order valence-electron chi connectivity index (χ4n) is 3.73. The lowest BCUT2D eigenvalue weighted by atomic mass is 9.80. The Hall–Kier alpha value is -1.83. The molecule has 1 aromatic rings. The molecule has 0 bridgehead atoms. The van der Waals surface area contributed by atoms with Gasteiger partial charge in [0.2, 0.25) is 5.91 Å². The highest BCUT2D eigenvalue weighted by molar-refractivity contribution is 8.15. The van der Waals surface area contributed by atoms with Gasteiger partial charge in [-0.25, -0.2) is 0 Å². The van der Waals surface area contributed by atoms with Crippen molar-refractivity contribution < 1.29 is 15.0 Å². The van der Waals surface area contributed by atoms with Gasteiger partial charge in [0.05, 0.1) is 18.1 Å². The van der Waals surface area contributed by atoms with Crippen molar-refractivity contribution in [2.45, 2.75) is 49.7 Å². The van der Waals surface area contributed by atoms with Crippen LogP contribution in [0.2, 0.25) is 0 Å². The lowest BCUT2D eigenvalue weighted by Gasteiger charge is -2.38. The number of hydrogen-bond acceptors (Lipinski definition) is 6. The number of carbonyl (C=O) groups excluding carboxylic acids is 1. The second-order valence-electron chi connectivity index (χ2n) is 7.82. The SMILES string of the molecule is C=CCN(C)C(=O)C1CC(O)C(O)C2N=C(Nc3ccc(C(C)C)cc3)SC12. The maximum Gasteiger partial charge on any atom is 0.227 e. The minimum atomic E-state index is -0.964. The maximum absolute atomic E-state index is 12.8. The first-order valence-electron chi connectivity index (χ1n) is 9.65. The van der Waals surface area contributed by atoms with Crippen LogP contribution in [0.3, 0.4) is 0 Å². The Morgan fingerprint density at radius 1 is 1.39 bits per heavy atom. The number of benzene rings is 1. The molecule has 1 amide bonds. The number of nitrogens with zero attached hydrogens (tertiary/aromatic N) is 2. The van der Waals surface area contributed by atoms with Crippen LogP contribution in [-0.4, -0.2) is 63.3 Å². The second-order valence-corrected chi connectivity index (χ2v) is 8.98. The number of carbonyl (C=O) groups is 1. The molecule has 7 heteroatoms. The summed E-state index contributed by atoms with van der Waals surface area (Å²) in [6.45, 7) is 8.43. The van der Waals surface area contributed by atoms with E-state index in [9.17, 15) is 15.0 Å². The van der Waals surface area contributed by atoms with E-state index in [0.29, 0.717) is 17.6 Å². The lowest BCUT2D eigenvalue weighted by Crippen LogP contribution is -2.54. The molecular formula is C21H29N3O3S. The van der Waals surface area contributed by atoms with Crippen molar-refractivity contribution in [1.82, 2.24) is 4.90 Å². The first-order chi connectivity index (χ1) is 13.3. The molecule has 3 N–H and O–H groups in total. The second kappa shape index (κ2) is 8.68. The van der Waals surface area contributed by atoms with Crippen LogP contribution in [0.15, 0.2) is 41.9 Å². The summed E-state index contributed by atoms with van der Waals surface area (Å²) >= 11 is 1.47. The number of aliphatic imine (C=N–C) groups is 1. The highest BCUT2D eigenvalue weighted by Gasteiger charge is 2.50. The Balaban J connectivity index is 1.75. The maximum atomic E-state index is 12.8. The van der Waals surface area contributed by atoms with Crippen molar-refractivity contribution in [1.29, 1.82) is 0 Å². The predicted molar refractivity (Wildman–Crippen MR) is 115 cm³/mol. The van der Waals surface area contributed by atoms with E-state index in [1.54, 1.807) is 18.0 Å². The summed E-state index contributed by atoms with van der Waals surface area (Å²) in [5.74, 6) is 0.0156. The minimum absolute atomic E-state index is 0.0499. The van der Waals surface area contributed by atoms with Gasteiger partial charge in [0.25, 0.3) is 0 Å². The van der Waals surface area contributed by atoms with E-state index in [2.05, 4.69) is 42.9 Å². The smallest absolute Gasteiger partial charge is 0.227 e. The van der Waals surface area contributed by atoms with Gasteiger partial charge in [0.1, 0.15) is 6.10 Å². The molecule has 6 nitrogen and oxygen atoms in total. The topological polar surface area (TPSA) is 85.2 Å². The Bertz CT molecular complexity index is 750. The van der Waals surface area contributed by atoms with E-state index in [-0.39, 0.29) is 17.6 Å². The first kappa shape index (κ1) is 20.9. The number of aliphatic hydroxyl groups excluding tert-OH is 2. The molecular weight excluding hydrogens is 374 g/mol. The standard InChI is InChI=1S/C21H29N3O3S/c1-5-10-24(4)20(27)15-11-16(25)18(26)17-19(15)28-21(23-17)22-14-8-6-13(7-9-14)12(2)3/h5-9,12,15-19,25-26H,1,10-11H2,2-4H3,(H,22,23). The zero-order chi connectivity index (χ0) is 20.4. The van der Waals surface area contributed by atoms with Crippen LogP contribution < -0.4 is 5.32 Å². The van der Waals surface area contributed by atoms with Crippen molar-refractivity contribution >= 4 is 28.5 Å². The Kier molecular flexibility index (Phi) is 6.47. The average Bonchev–Trinajstić information content (AvgIpc) is 3.08. The number of amidine groups is 1. The Morgan fingerprint density at radius 2 is 2.07 bits per heavy atom. The molecule has 0 aromatic heterocycles. The Labute approximate surface area is 170 Å². The summed E-state index contributed by atoms with van der Waals surface area (Å²) in [7, 11) is 1.73. The highest BCUT2D eigenvalue weighted by Crippen LogP contribution is 2.42. The minimum Gasteiger partial charge on any atom is -0.390 e. The number of hydrogen-bond donors (Lipinski definition) is 3. The van der Waals surface area contributed by atoms with Crippen LogP contribution in [0.25, 0.3) is 0 Å². The molecule has 2 aliphatic rings. The van der Waals surface area contributed by atoms with Gasteiger partial charge in [-0.3, -0.25) is 9.79 Å². The predicted octanol–water partition coefficient (Wildman–Crippen LogP) is 2.45. The molecule has 0 spiro atoms. The monoisotopic (exact) mass is 403 g/mol. The molecule has 1 aliphatic heterocycles. The summed E-state index contributed by atoms with van der Waals surface area (Å²) in [6, 6.07) is 7.67. The molecule has 3 rings (SSSR count). The van der Waals surface area contributed by atoms with Crippen LogP contribution in [-0.2, 0) is 4.79 Å². The molecule has 0 radical (unpaired) electrons. The molecule has 1 saturated carbocycles. The van der Waals surface area contributed by atoms with E-state index in [0.717, 1.165) is 5.69 Å². The summed E-state index contributed by atoms with van der Waals surface area (Å²) in [5, 5.41) is 24.5. The third-order valence-corrected chi connectivity index (χ3v) is 6.72. The number of anilines is 1. The van der Waals surface area contributed by atoms with Crippen molar-refractivity contribution in [2.75, 3.05) is 18.9 Å². The quantitative estimate of drug-likeness (QED) is 0.658. The van der Waals surface area contributed by atoms with E-state index in [1.165, 1.54) is 17.3 Å². The van der Waals surface area contributed by atoms with Crippen LogP contribution in [0.1, 0.15) is 31.7 Å². The van der Waals surface area contributed by atoms with E-state index < -0.39 is 24.2 Å². The zero-order valence-corrected chi connectivity index (χ0v) is 17.4. The number of rotatable bonds is 5. The number of fused-ring (bicyclic) bond motifs is 1. The van der Waals surface area contributed by atoms with Crippen molar-refractivity contribution in [3.63, 3.8) is 0 Å². The zero-order valence-electron chi connectivity index (χ0n) is 16.6. The molecule has 1 aliphatic carbocycles. The van der Waals surface area contributed by atoms with Gasteiger partial charge in [-0.2, -0.15) is 0 Å². The third-order valence-electron chi connectivity index (χ3n) is 5.41. The molecule has 5 unspecified atom stereocenters. The normalized spacial score (nSPS) is 29.2. The molecule has 0 saturated heterocycles. The van der Waals surface area contributed by atoms with Gasteiger partial charge in [-0.05, 0) is 30.0 Å². The molecule has 5 atom stereocenters. The van der Waals surface area contributed by atoms with Crippen molar-refractivity contribution in [3.05, 3.63) is 42.5 Å².